The zero-order valence-electron chi connectivity index (χ0n) is 14.7. The Labute approximate surface area is 155 Å². The van der Waals surface area contributed by atoms with Crippen LogP contribution in [0.25, 0.3) is 0 Å². The summed E-state index contributed by atoms with van der Waals surface area (Å²) in [5.74, 6) is 0.634. The van der Waals surface area contributed by atoms with Gasteiger partial charge < -0.3 is 30.0 Å². The van der Waals surface area contributed by atoms with E-state index in [1.807, 2.05) is 0 Å². The molecule has 1 heterocycles. The van der Waals surface area contributed by atoms with Crippen LogP contribution in [0.2, 0.25) is 0 Å². The second-order valence-corrected chi connectivity index (χ2v) is 6.23. The molecule has 1 aromatic rings. The molecule has 1 unspecified atom stereocenters. The molecule has 0 saturated carbocycles. The second-order valence-electron chi connectivity index (χ2n) is 5.15. The van der Waals surface area contributed by atoms with Gasteiger partial charge in [0, 0.05) is 11.3 Å². The average Bonchev–Trinajstić information content (AvgIpc) is 3.17. The van der Waals surface area contributed by atoms with Crippen molar-refractivity contribution in [3.05, 3.63) is 17.7 Å². The van der Waals surface area contributed by atoms with Crippen LogP contribution < -0.4 is 24.8 Å². The molecule has 1 atom stereocenters. The quantitative estimate of drug-likeness (QED) is 0.607. The number of hydrogen-bond acceptors (Lipinski definition) is 8. The maximum absolute atomic E-state index is 12.5. The number of aliphatic imine (C=N–C) groups is 1. The Bertz CT molecular complexity index is 684. The minimum absolute atomic E-state index is 0.193. The van der Waals surface area contributed by atoms with Crippen LogP contribution in [0.3, 0.4) is 0 Å². The van der Waals surface area contributed by atoms with E-state index < -0.39 is 24.5 Å². The van der Waals surface area contributed by atoms with Gasteiger partial charge in [0.25, 0.3) is 11.8 Å². The molecule has 1 aromatic carbocycles. The van der Waals surface area contributed by atoms with Crippen LogP contribution in [0.15, 0.2) is 17.1 Å². The Balaban J connectivity index is 2.15. The summed E-state index contributed by atoms with van der Waals surface area (Å²) in [5, 5.41) is 15.0. The maximum Gasteiger partial charge on any atom is 0.252 e. The van der Waals surface area contributed by atoms with Gasteiger partial charge in [-0.15, -0.1) is 0 Å². The van der Waals surface area contributed by atoms with Crippen LogP contribution in [-0.4, -0.2) is 68.4 Å². The molecule has 1 aliphatic heterocycles. The number of rotatable bonds is 7. The van der Waals surface area contributed by atoms with Gasteiger partial charge in [0.1, 0.15) is 6.04 Å². The van der Waals surface area contributed by atoms with Crippen molar-refractivity contribution in [3.63, 3.8) is 0 Å². The Morgan fingerprint density at radius 2 is 1.88 bits per heavy atom. The largest absolute Gasteiger partial charge is 0.493 e. The maximum atomic E-state index is 12.5. The normalized spacial score (nSPS) is 14.2. The molecule has 0 bridgehead atoms. The van der Waals surface area contributed by atoms with Crippen molar-refractivity contribution >= 4 is 28.7 Å². The van der Waals surface area contributed by atoms with Crippen molar-refractivity contribution in [1.82, 2.24) is 10.6 Å². The van der Waals surface area contributed by atoms with Gasteiger partial charge in [0.15, 0.2) is 16.7 Å². The Morgan fingerprint density at radius 3 is 2.35 bits per heavy atom. The van der Waals surface area contributed by atoms with Crippen LogP contribution in [-0.2, 0) is 4.79 Å². The van der Waals surface area contributed by atoms with Gasteiger partial charge in [0.2, 0.25) is 5.75 Å². The fourth-order valence-electron chi connectivity index (χ4n) is 2.25. The van der Waals surface area contributed by atoms with Crippen molar-refractivity contribution in [3.8, 4) is 17.2 Å². The molecule has 0 aromatic heterocycles. The molecular formula is C16H21N3O6S. The summed E-state index contributed by atoms with van der Waals surface area (Å²) in [6.45, 7) is 0.0712. The van der Waals surface area contributed by atoms with E-state index in [4.69, 9.17) is 14.2 Å². The van der Waals surface area contributed by atoms with E-state index in [1.54, 1.807) is 0 Å². The first-order valence-corrected chi connectivity index (χ1v) is 8.72. The predicted octanol–water partition coefficient (Wildman–Crippen LogP) is 0.0221. The number of amidine groups is 1. The predicted molar refractivity (Wildman–Crippen MR) is 97.3 cm³/mol. The first kappa shape index (κ1) is 19.9. The summed E-state index contributed by atoms with van der Waals surface area (Å²) in [5.41, 5.74) is 0.193. The van der Waals surface area contributed by atoms with E-state index in [1.165, 1.54) is 45.2 Å². The summed E-state index contributed by atoms with van der Waals surface area (Å²) >= 11 is 1.40. The molecule has 10 heteroatoms. The van der Waals surface area contributed by atoms with Crippen molar-refractivity contribution in [2.75, 3.05) is 40.2 Å². The van der Waals surface area contributed by atoms with Crippen LogP contribution in [0.4, 0.5) is 0 Å². The molecule has 0 spiro atoms. The average molecular weight is 383 g/mol. The lowest BCUT2D eigenvalue weighted by Crippen LogP contribution is -2.49. The van der Waals surface area contributed by atoms with E-state index in [0.717, 1.165) is 5.75 Å². The van der Waals surface area contributed by atoms with Gasteiger partial charge >= 0.3 is 0 Å². The third-order valence-corrected chi connectivity index (χ3v) is 4.44. The summed E-state index contributed by atoms with van der Waals surface area (Å²) in [4.78, 5) is 28.8. The number of hydrogen-bond donors (Lipinski definition) is 3. The van der Waals surface area contributed by atoms with Gasteiger partial charge in [-0.05, 0) is 12.1 Å². The van der Waals surface area contributed by atoms with Crippen molar-refractivity contribution < 1.29 is 28.9 Å². The lowest BCUT2D eigenvalue weighted by Gasteiger charge is -2.17. The monoisotopic (exact) mass is 383 g/mol. The number of methoxy groups -OCH3 is 3. The topological polar surface area (TPSA) is 118 Å². The van der Waals surface area contributed by atoms with E-state index in [0.29, 0.717) is 29.0 Å². The smallest absolute Gasteiger partial charge is 0.252 e. The number of nitrogens with one attached hydrogen (secondary N) is 2. The van der Waals surface area contributed by atoms with Crippen LogP contribution in [0.1, 0.15) is 10.4 Å². The van der Waals surface area contributed by atoms with Crippen molar-refractivity contribution in [2.45, 2.75) is 6.04 Å². The standard InChI is InChI=1S/C16H21N3O6S/c1-23-11-6-9(7-12(24-2)13(11)25-3)14(21)18-10(8-20)15(22)19-16-17-4-5-26-16/h6-7,10,20H,4-5,8H2,1-3H3,(H,18,21)(H,17,19,22). The third-order valence-electron chi connectivity index (χ3n) is 3.55. The van der Waals surface area contributed by atoms with Gasteiger partial charge in [-0.25, -0.2) is 0 Å². The number of benzene rings is 1. The number of ether oxygens (including phenoxy) is 3. The van der Waals surface area contributed by atoms with E-state index in [-0.39, 0.29) is 5.56 Å². The lowest BCUT2D eigenvalue weighted by atomic mass is 10.1. The fourth-order valence-corrected chi connectivity index (χ4v) is 2.98. The molecule has 0 fully saturated rings. The van der Waals surface area contributed by atoms with Crippen LogP contribution >= 0.6 is 11.8 Å². The van der Waals surface area contributed by atoms with Gasteiger partial charge in [-0.2, -0.15) is 0 Å². The highest BCUT2D eigenvalue weighted by atomic mass is 32.2. The van der Waals surface area contributed by atoms with E-state index in [2.05, 4.69) is 15.6 Å². The third kappa shape index (κ3) is 4.58. The Morgan fingerprint density at radius 1 is 1.23 bits per heavy atom. The summed E-state index contributed by atoms with van der Waals surface area (Å²) in [6.07, 6.45) is 0. The zero-order valence-corrected chi connectivity index (χ0v) is 15.5. The minimum atomic E-state index is -1.12. The molecule has 1 aliphatic rings. The van der Waals surface area contributed by atoms with E-state index >= 15 is 0 Å². The summed E-state index contributed by atoms with van der Waals surface area (Å²) in [7, 11) is 4.32. The highest BCUT2D eigenvalue weighted by molar-refractivity contribution is 8.14. The number of aliphatic hydroxyl groups excluding tert-OH is 1. The number of thioether (sulfide) groups is 1. The molecule has 142 valence electrons. The van der Waals surface area contributed by atoms with Crippen molar-refractivity contribution in [1.29, 1.82) is 0 Å². The second kappa shape index (κ2) is 9.30. The Kier molecular flexibility index (Phi) is 7.10. The SMILES string of the molecule is COc1cc(C(=O)NC(CO)C(=O)NC2=NCCS2)cc(OC)c1OC. The minimum Gasteiger partial charge on any atom is -0.493 e. The molecule has 26 heavy (non-hydrogen) atoms. The van der Waals surface area contributed by atoms with Crippen molar-refractivity contribution in [2.24, 2.45) is 4.99 Å². The summed E-state index contributed by atoms with van der Waals surface area (Å²) < 4.78 is 15.6. The molecule has 2 rings (SSSR count). The summed E-state index contributed by atoms with van der Waals surface area (Å²) in [6, 6.07) is 1.80. The number of amides is 2. The molecule has 0 radical (unpaired) electrons. The van der Waals surface area contributed by atoms with Gasteiger partial charge in [-0.1, -0.05) is 11.8 Å². The van der Waals surface area contributed by atoms with Gasteiger partial charge in [0.05, 0.1) is 34.5 Å². The zero-order chi connectivity index (χ0) is 19.1. The number of carbonyl (C=O) groups is 2. The van der Waals surface area contributed by atoms with Crippen LogP contribution in [0, 0.1) is 0 Å². The molecule has 3 N–H and O–H groups in total. The molecular weight excluding hydrogens is 362 g/mol. The van der Waals surface area contributed by atoms with Crippen LogP contribution in [0.5, 0.6) is 17.2 Å². The number of aliphatic hydroxyl groups is 1. The molecule has 0 aliphatic carbocycles. The highest BCUT2D eigenvalue weighted by Crippen LogP contribution is 2.38. The first-order valence-electron chi connectivity index (χ1n) is 7.73. The first-order chi connectivity index (χ1) is 12.5. The van der Waals surface area contributed by atoms with E-state index in [9.17, 15) is 14.7 Å². The van der Waals surface area contributed by atoms with Gasteiger partial charge in [-0.3, -0.25) is 14.6 Å². The highest BCUT2D eigenvalue weighted by Gasteiger charge is 2.24. The Hall–Kier alpha value is -2.46. The number of carbonyl (C=O) groups excluding carboxylic acids is 2. The fraction of sp³-hybridized carbons (Fsp3) is 0.438. The molecule has 0 saturated heterocycles. The number of nitrogens with zero attached hydrogens (tertiary/aromatic N) is 1. The molecule has 2 amide bonds. The lowest BCUT2D eigenvalue weighted by molar-refractivity contribution is -0.122. The molecule has 9 nitrogen and oxygen atoms in total.